The molecule has 2 aliphatic rings. The number of fused-ring (bicyclic) bond motifs is 1. The average molecular weight is 316 g/mol. The maximum Gasteiger partial charge on any atom is 0.281 e. The van der Waals surface area contributed by atoms with Crippen LogP contribution in [0.25, 0.3) is 0 Å². The van der Waals surface area contributed by atoms with Gasteiger partial charge in [0.05, 0.1) is 18.1 Å². The van der Waals surface area contributed by atoms with Crippen molar-refractivity contribution in [1.29, 1.82) is 0 Å². The zero-order valence-electron chi connectivity index (χ0n) is 12.4. The highest BCUT2D eigenvalue weighted by Crippen LogP contribution is 2.37. The van der Waals surface area contributed by atoms with Gasteiger partial charge in [0.25, 0.3) is 10.2 Å². The Bertz CT molecular complexity index is 615. The minimum Gasteiger partial charge on any atom is -0.376 e. The second-order valence-electron chi connectivity index (χ2n) is 5.74. The minimum atomic E-state index is -3.49. The van der Waals surface area contributed by atoms with Crippen LogP contribution in [0.5, 0.6) is 0 Å². The molecule has 1 aromatic heterocycles. The summed E-state index contributed by atoms with van der Waals surface area (Å²) in [5.41, 5.74) is 0. The van der Waals surface area contributed by atoms with Crippen LogP contribution in [-0.4, -0.2) is 66.6 Å². The van der Waals surface area contributed by atoms with Crippen LogP contribution in [0, 0.1) is 6.92 Å². The first kappa shape index (κ1) is 14.9. The first-order valence-corrected chi connectivity index (χ1v) is 8.40. The number of aromatic nitrogens is 2. The van der Waals surface area contributed by atoms with Gasteiger partial charge in [-0.1, -0.05) is 5.16 Å². The van der Waals surface area contributed by atoms with E-state index >= 15 is 0 Å². The topological polar surface area (TPSA) is 88.8 Å². The fourth-order valence-electron chi connectivity index (χ4n) is 3.03. The molecule has 8 nitrogen and oxygen atoms in total. The van der Waals surface area contributed by atoms with Crippen molar-refractivity contribution in [3.05, 3.63) is 11.7 Å². The van der Waals surface area contributed by atoms with Crippen molar-refractivity contribution in [2.75, 3.05) is 27.2 Å². The Morgan fingerprint density at radius 3 is 2.76 bits per heavy atom. The molecule has 21 heavy (non-hydrogen) atoms. The highest BCUT2D eigenvalue weighted by Gasteiger charge is 2.47. The fraction of sp³-hybridized carbons (Fsp3) is 0.833. The highest BCUT2D eigenvalue weighted by atomic mass is 32.2. The van der Waals surface area contributed by atoms with Gasteiger partial charge in [0.15, 0.2) is 5.82 Å². The van der Waals surface area contributed by atoms with E-state index < -0.39 is 10.2 Å². The normalized spacial score (nSPS) is 30.8. The van der Waals surface area contributed by atoms with Crippen molar-refractivity contribution in [3.63, 3.8) is 0 Å². The standard InChI is InChI=1S/C12H20N4O4S/c1-8-13-12(20-14-8)9-6-11-10(4-5-19-11)16(7-9)21(17,18)15(2)3/h9-11H,4-7H2,1-3H3/t9-,10+,11+/m1/s1. The Hall–Kier alpha value is -1.03. The lowest BCUT2D eigenvalue weighted by Gasteiger charge is -2.39. The number of aryl methyl sites for hydroxylation is 1. The molecule has 0 N–H and O–H groups in total. The Balaban J connectivity index is 1.91. The third-order valence-corrected chi connectivity index (χ3v) is 6.05. The molecule has 0 aromatic carbocycles. The van der Waals surface area contributed by atoms with Gasteiger partial charge in [-0.05, 0) is 19.8 Å². The Labute approximate surface area is 124 Å². The lowest BCUT2D eigenvalue weighted by molar-refractivity contribution is 0.0403. The summed E-state index contributed by atoms with van der Waals surface area (Å²) in [6, 6.07) is -0.0994. The average Bonchev–Trinajstić information content (AvgIpc) is 3.05. The van der Waals surface area contributed by atoms with Crippen molar-refractivity contribution < 1.29 is 17.7 Å². The second kappa shape index (κ2) is 5.31. The third-order valence-electron chi connectivity index (χ3n) is 4.11. The first-order valence-electron chi connectivity index (χ1n) is 7.00. The predicted octanol–water partition coefficient (Wildman–Crippen LogP) is 0.131. The van der Waals surface area contributed by atoms with Crippen LogP contribution in [-0.2, 0) is 14.9 Å². The zero-order valence-corrected chi connectivity index (χ0v) is 13.2. The van der Waals surface area contributed by atoms with E-state index in [2.05, 4.69) is 10.1 Å². The maximum atomic E-state index is 12.5. The molecule has 0 unspecified atom stereocenters. The van der Waals surface area contributed by atoms with Crippen molar-refractivity contribution >= 4 is 10.2 Å². The molecule has 0 bridgehead atoms. The molecule has 3 atom stereocenters. The van der Waals surface area contributed by atoms with Crippen molar-refractivity contribution in [1.82, 2.24) is 18.8 Å². The largest absolute Gasteiger partial charge is 0.376 e. The van der Waals surface area contributed by atoms with E-state index in [0.29, 0.717) is 31.3 Å². The van der Waals surface area contributed by atoms with Gasteiger partial charge in [0.2, 0.25) is 5.89 Å². The molecule has 2 aliphatic heterocycles. The molecule has 3 rings (SSSR count). The number of piperidine rings is 1. The molecule has 9 heteroatoms. The molecule has 2 fully saturated rings. The fourth-order valence-corrected chi connectivity index (χ4v) is 4.40. The number of hydrogen-bond donors (Lipinski definition) is 0. The van der Waals surface area contributed by atoms with E-state index in [9.17, 15) is 8.42 Å². The second-order valence-corrected chi connectivity index (χ2v) is 7.83. The van der Waals surface area contributed by atoms with E-state index in [1.807, 2.05) is 0 Å². The Morgan fingerprint density at radius 1 is 1.38 bits per heavy atom. The molecule has 1 aromatic rings. The SMILES string of the molecule is Cc1noc([C@@H]2C[C@@H]3OCC[C@@H]3N(S(=O)(=O)N(C)C)C2)n1. The van der Waals surface area contributed by atoms with Crippen LogP contribution in [0.2, 0.25) is 0 Å². The molecule has 0 saturated carbocycles. The van der Waals surface area contributed by atoms with E-state index in [4.69, 9.17) is 9.26 Å². The van der Waals surface area contributed by atoms with Crippen molar-refractivity contribution in [3.8, 4) is 0 Å². The van der Waals surface area contributed by atoms with Crippen molar-refractivity contribution in [2.45, 2.75) is 37.8 Å². The maximum absolute atomic E-state index is 12.5. The third kappa shape index (κ3) is 2.59. The summed E-state index contributed by atoms with van der Waals surface area (Å²) in [7, 11) is -0.407. The van der Waals surface area contributed by atoms with E-state index in [-0.39, 0.29) is 18.1 Å². The van der Waals surface area contributed by atoms with Crippen LogP contribution in [0.15, 0.2) is 4.52 Å². The first-order chi connectivity index (χ1) is 9.89. The van der Waals surface area contributed by atoms with E-state index in [1.54, 1.807) is 21.0 Å². The molecular formula is C12H20N4O4S. The predicted molar refractivity (Wildman–Crippen MR) is 73.9 cm³/mol. The number of ether oxygens (including phenoxy) is 1. The Kier molecular flexibility index (Phi) is 3.76. The molecule has 0 aliphatic carbocycles. The summed E-state index contributed by atoms with van der Waals surface area (Å²) >= 11 is 0. The van der Waals surface area contributed by atoms with Crippen LogP contribution in [0.3, 0.4) is 0 Å². The summed E-state index contributed by atoms with van der Waals surface area (Å²) in [5.74, 6) is 0.919. The van der Waals surface area contributed by atoms with Gasteiger partial charge in [0, 0.05) is 27.2 Å². The molecule has 0 amide bonds. The van der Waals surface area contributed by atoms with Gasteiger partial charge in [-0.25, -0.2) is 0 Å². The van der Waals surface area contributed by atoms with Gasteiger partial charge >= 0.3 is 0 Å². The Morgan fingerprint density at radius 2 is 2.14 bits per heavy atom. The molecule has 2 saturated heterocycles. The van der Waals surface area contributed by atoms with E-state index in [1.165, 1.54) is 8.61 Å². The summed E-state index contributed by atoms with van der Waals surface area (Å²) in [6.45, 7) is 2.69. The lowest BCUT2D eigenvalue weighted by Crippen LogP contribution is -2.54. The van der Waals surface area contributed by atoms with E-state index in [0.717, 1.165) is 6.42 Å². The minimum absolute atomic E-state index is 0.0994. The zero-order chi connectivity index (χ0) is 15.2. The molecular weight excluding hydrogens is 296 g/mol. The summed E-state index contributed by atoms with van der Waals surface area (Å²) in [4.78, 5) is 4.24. The number of hydrogen-bond acceptors (Lipinski definition) is 6. The number of nitrogens with zero attached hydrogens (tertiary/aromatic N) is 4. The smallest absolute Gasteiger partial charge is 0.281 e. The summed E-state index contributed by atoms with van der Waals surface area (Å²) in [5, 5.41) is 3.79. The van der Waals surface area contributed by atoms with Gasteiger partial charge in [-0.2, -0.15) is 22.0 Å². The summed E-state index contributed by atoms with van der Waals surface area (Å²) < 4.78 is 38.8. The van der Waals surface area contributed by atoms with Crippen LogP contribution < -0.4 is 0 Å². The van der Waals surface area contributed by atoms with Gasteiger partial charge < -0.3 is 9.26 Å². The van der Waals surface area contributed by atoms with Crippen LogP contribution in [0.1, 0.15) is 30.5 Å². The quantitative estimate of drug-likeness (QED) is 0.787. The van der Waals surface area contributed by atoms with Gasteiger partial charge in [-0.15, -0.1) is 0 Å². The van der Waals surface area contributed by atoms with Crippen LogP contribution >= 0.6 is 0 Å². The molecule has 3 heterocycles. The monoisotopic (exact) mass is 316 g/mol. The van der Waals surface area contributed by atoms with Crippen molar-refractivity contribution in [2.24, 2.45) is 0 Å². The number of rotatable bonds is 3. The molecule has 118 valence electrons. The lowest BCUT2D eigenvalue weighted by atomic mass is 9.92. The summed E-state index contributed by atoms with van der Waals surface area (Å²) in [6.07, 6.45) is 1.34. The van der Waals surface area contributed by atoms with Crippen LogP contribution in [0.4, 0.5) is 0 Å². The highest BCUT2D eigenvalue weighted by molar-refractivity contribution is 7.86. The molecule has 0 radical (unpaired) electrons. The van der Waals surface area contributed by atoms with Gasteiger partial charge in [0.1, 0.15) is 0 Å². The molecule has 0 spiro atoms. The van der Waals surface area contributed by atoms with Gasteiger partial charge in [-0.3, -0.25) is 0 Å².